The highest BCUT2D eigenvalue weighted by atomic mass is 16.3. The van der Waals surface area contributed by atoms with E-state index in [0.29, 0.717) is 25.9 Å². The van der Waals surface area contributed by atoms with E-state index in [1.54, 1.807) is 0 Å². The second kappa shape index (κ2) is 6.02. The van der Waals surface area contributed by atoms with E-state index in [1.807, 2.05) is 11.8 Å². The average molecular weight is 256 g/mol. The summed E-state index contributed by atoms with van der Waals surface area (Å²) in [6, 6.07) is -0.0698. The van der Waals surface area contributed by atoms with Gasteiger partial charge in [0.1, 0.15) is 0 Å². The smallest absolute Gasteiger partial charge is 0.224 e. The summed E-state index contributed by atoms with van der Waals surface area (Å²) < 4.78 is 0. The van der Waals surface area contributed by atoms with Crippen LogP contribution in [0, 0.1) is 11.3 Å². The largest absolute Gasteiger partial charge is 0.393 e. The van der Waals surface area contributed by atoms with Crippen molar-refractivity contribution in [1.82, 2.24) is 4.90 Å². The lowest BCUT2D eigenvalue weighted by molar-refractivity contribution is -0.135. The van der Waals surface area contributed by atoms with E-state index >= 15 is 0 Å². The van der Waals surface area contributed by atoms with Gasteiger partial charge in [0.05, 0.1) is 6.10 Å². The molecule has 0 saturated carbocycles. The Balaban J connectivity index is 2.41. The van der Waals surface area contributed by atoms with Gasteiger partial charge in [0.25, 0.3) is 0 Å². The number of nitrogens with zero attached hydrogens (tertiary/aromatic N) is 1. The van der Waals surface area contributed by atoms with Gasteiger partial charge >= 0.3 is 0 Å². The summed E-state index contributed by atoms with van der Waals surface area (Å²) >= 11 is 0. The number of aliphatic hydroxyl groups is 1. The van der Waals surface area contributed by atoms with Crippen molar-refractivity contribution in [3.63, 3.8) is 0 Å². The highest BCUT2D eigenvalue weighted by molar-refractivity contribution is 5.76. The molecule has 1 amide bonds. The van der Waals surface area contributed by atoms with Gasteiger partial charge in [-0.2, -0.15) is 0 Å². The number of carbonyl (C=O) groups is 1. The molecule has 4 nitrogen and oxygen atoms in total. The topological polar surface area (TPSA) is 66.6 Å². The Hall–Kier alpha value is -0.610. The molecule has 0 aliphatic carbocycles. The third-order valence-corrected chi connectivity index (χ3v) is 3.52. The van der Waals surface area contributed by atoms with Gasteiger partial charge in [-0.05, 0) is 24.2 Å². The predicted molar refractivity (Wildman–Crippen MR) is 73.0 cm³/mol. The molecule has 4 heteroatoms. The summed E-state index contributed by atoms with van der Waals surface area (Å²) in [6.45, 7) is 9.71. The van der Waals surface area contributed by atoms with E-state index in [1.165, 1.54) is 0 Å². The quantitative estimate of drug-likeness (QED) is 0.801. The molecule has 106 valence electrons. The van der Waals surface area contributed by atoms with E-state index < -0.39 is 0 Å². The number of piperidine rings is 1. The molecule has 18 heavy (non-hydrogen) atoms. The van der Waals surface area contributed by atoms with E-state index in [-0.39, 0.29) is 29.4 Å². The maximum atomic E-state index is 12.1. The minimum absolute atomic E-state index is 0.0698. The molecule has 0 spiro atoms. The summed E-state index contributed by atoms with van der Waals surface area (Å²) in [6.07, 6.45) is 1.68. The van der Waals surface area contributed by atoms with Crippen LogP contribution in [-0.4, -0.2) is 41.1 Å². The van der Waals surface area contributed by atoms with Crippen LogP contribution < -0.4 is 5.73 Å². The summed E-state index contributed by atoms with van der Waals surface area (Å²) in [5.74, 6) is 0.298. The maximum Gasteiger partial charge on any atom is 0.224 e. The number of likely N-dealkylation sites (tertiary alicyclic amines) is 1. The summed E-state index contributed by atoms with van der Waals surface area (Å²) in [5, 5.41) is 9.65. The van der Waals surface area contributed by atoms with Gasteiger partial charge in [-0.15, -0.1) is 0 Å². The van der Waals surface area contributed by atoms with Crippen LogP contribution in [0.1, 0.15) is 47.0 Å². The lowest BCUT2D eigenvalue weighted by Crippen LogP contribution is -2.46. The van der Waals surface area contributed by atoms with Crippen molar-refractivity contribution in [2.24, 2.45) is 17.1 Å². The maximum absolute atomic E-state index is 12.1. The molecular formula is C14H28N2O2. The minimum Gasteiger partial charge on any atom is -0.393 e. The minimum atomic E-state index is -0.266. The Morgan fingerprint density at radius 2 is 2.11 bits per heavy atom. The van der Waals surface area contributed by atoms with Crippen LogP contribution in [0.2, 0.25) is 0 Å². The Morgan fingerprint density at radius 1 is 1.50 bits per heavy atom. The van der Waals surface area contributed by atoms with E-state index in [2.05, 4.69) is 20.8 Å². The predicted octanol–water partition coefficient (Wildman–Crippen LogP) is 1.37. The van der Waals surface area contributed by atoms with Crippen molar-refractivity contribution in [3.8, 4) is 0 Å². The van der Waals surface area contributed by atoms with Gasteiger partial charge in [0.2, 0.25) is 5.91 Å². The molecule has 1 saturated heterocycles. The lowest BCUT2D eigenvalue weighted by atomic mass is 9.87. The van der Waals surface area contributed by atoms with Crippen LogP contribution >= 0.6 is 0 Å². The number of carbonyl (C=O) groups excluding carboxylic acids is 1. The summed E-state index contributed by atoms with van der Waals surface area (Å²) in [4.78, 5) is 14.0. The van der Waals surface area contributed by atoms with Gasteiger partial charge in [-0.25, -0.2) is 0 Å². The molecular weight excluding hydrogens is 228 g/mol. The molecule has 0 aromatic carbocycles. The normalized spacial score (nSPS) is 27.1. The molecule has 0 radical (unpaired) electrons. The van der Waals surface area contributed by atoms with Gasteiger partial charge < -0.3 is 15.7 Å². The fraction of sp³-hybridized carbons (Fsp3) is 0.929. The summed E-state index contributed by atoms with van der Waals surface area (Å²) in [5.41, 5.74) is 6.19. The van der Waals surface area contributed by atoms with Crippen LogP contribution in [0.25, 0.3) is 0 Å². The first-order valence-corrected chi connectivity index (χ1v) is 6.90. The second-order valence-electron chi connectivity index (χ2n) is 6.90. The Kier molecular flexibility index (Phi) is 5.17. The Labute approximate surface area is 111 Å². The first-order chi connectivity index (χ1) is 8.19. The third-order valence-electron chi connectivity index (χ3n) is 3.52. The highest BCUT2D eigenvalue weighted by Crippen LogP contribution is 2.22. The molecule has 1 rings (SSSR count). The van der Waals surface area contributed by atoms with Crippen LogP contribution in [0.15, 0.2) is 0 Å². The van der Waals surface area contributed by atoms with E-state index in [4.69, 9.17) is 5.73 Å². The number of rotatable bonds is 3. The Bertz CT molecular complexity index is 286. The zero-order valence-corrected chi connectivity index (χ0v) is 12.1. The van der Waals surface area contributed by atoms with Crippen LogP contribution in [0.5, 0.6) is 0 Å². The molecule has 0 bridgehead atoms. The molecule has 1 aliphatic heterocycles. The first kappa shape index (κ1) is 15.4. The zero-order valence-electron chi connectivity index (χ0n) is 12.1. The van der Waals surface area contributed by atoms with Crippen LogP contribution in [-0.2, 0) is 4.79 Å². The van der Waals surface area contributed by atoms with E-state index in [9.17, 15) is 9.90 Å². The van der Waals surface area contributed by atoms with Gasteiger partial charge in [-0.3, -0.25) is 4.79 Å². The standard InChI is InChI=1S/C14H28N2O2/c1-10-9-16(6-5-12(10)17)13(18)7-11(15)8-14(2,3)4/h10-12,17H,5-9,15H2,1-4H3. The fourth-order valence-electron chi connectivity index (χ4n) is 2.57. The number of hydrogen-bond donors (Lipinski definition) is 2. The molecule has 3 N–H and O–H groups in total. The number of amides is 1. The van der Waals surface area contributed by atoms with Crippen molar-refractivity contribution in [1.29, 1.82) is 0 Å². The SMILES string of the molecule is CC1CN(C(=O)CC(N)CC(C)(C)C)CCC1O. The van der Waals surface area contributed by atoms with E-state index in [0.717, 1.165) is 6.42 Å². The number of hydrogen-bond acceptors (Lipinski definition) is 3. The second-order valence-corrected chi connectivity index (χ2v) is 6.90. The lowest BCUT2D eigenvalue weighted by Gasteiger charge is -2.35. The van der Waals surface area contributed by atoms with Crippen molar-refractivity contribution in [2.75, 3.05) is 13.1 Å². The molecule has 3 unspecified atom stereocenters. The van der Waals surface area contributed by atoms with Crippen molar-refractivity contribution in [3.05, 3.63) is 0 Å². The van der Waals surface area contributed by atoms with Crippen LogP contribution in [0.4, 0.5) is 0 Å². The number of aliphatic hydroxyl groups excluding tert-OH is 1. The van der Waals surface area contributed by atoms with Gasteiger partial charge in [-0.1, -0.05) is 27.7 Å². The average Bonchev–Trinajstić information content (AvgIpc) is 2.18. The summed E-state index contributed by atoms with van der Waals surface area (Å²) in [7, 11) is 0. The molecule has 0 aromatic rings. The fourth-order valence-corrected chi connectivity index (χ4v) is 2.57. The zero-order chi connectivity index (χ0) is 13.9. The highest BCUT2D eigenvalue weighted by Gasteiger charge is 2.28. The molecule has 1 fully saturated rings. The molecule has 1 heterocycles. The van der Waals surface area contributed by atoms with Crippen molar-refractivity contribution < 1.29 is 9.90 Å². The third kappa shape index (κ3) is 4.94. The molecule has 3 atom stereocenters. The first-order valence-electron chi connectivity index (χ1n) is 6.90. The Morgan fingerprint density at radius 3 is 2.61 bits per heavy atom. The number of nitrogens with two attached hydrogens (primary N) is 1. The van der Waals surface area contributed by atoms with Crippen molar-refractivity contribution >= 4 is 5.91 Å². The molecule has 0 aromatic heterocycles. The monoisotopic (exact) mass is 256 g/mol. The van der Waals surface area contributed by atoms with Crippen molar-refractivity contribution in [2.45, 2.75) is 59.1 Å². The van der Waals surface area contributed by atoms with Gasteiger partial charge in [0, 0.05) is 25.6 Å². The van der Waals surface area contributed by atoms with Crippen LogP contribution in [0.3, 0.4) is 0 Å². The molecule has 1 aliphatic rings. The van der Waals surface area contributed by atoms with Gasteiger partial charge in [0.15, 0.2) is 0 Å².